The number of pyridine rings is 1. The van der Waals surface area contributed by atoms with Gasteiger partial charge in [0.2, 0.25) is 0 Å². The fraction of sp³-hybridized carbons (Fsp3) is 0.625. The minimum Gasteiger partial charge on any atom is -0.464 e. The molecule has 0 unspecified atom stereocenters. The molecule has 2 atom stereocenters. The largest absolute Gasteiger partial charge is 1.00 e. The SMILES string of the molecule is [CH2-]CCCc1ccc2c(n1)NCCC2.[CH2-]C[C@H](N)C(=O)OCC(C)C.[CH2-][C@H](F)COC.[Li+]. The number of nitrogens with zero attached hydrogens (tertiary/aromatic N) is 1. The van der Waals surface area contributed by atoms with Crippen LogP contribution in [0.15, 0.2) is 12.1 Å². The van der Waals surface area contributed by atoms with Crippen molar-refractivity contribution in [3.63, 3.8) is 0 Å². The number of rotatable bonds is 9. The summed E-state index contributed by atoms with van der Waals surface area (Å²) in [6.07, 6.45) is 4.89. The zero-order valence-corrected chi connectivity index (χ0v) is 20.5. The van der Waals surface area contributed by atoms with Crippen molar-refractivity contribution in [2.75, 3.05) is 32.2 Å². The molecule has 0 aliphatic carbocycles. The van der Waals surface area contributed by atoms with Crippen molar-refractivity contribution in [3.05, 3.63) is 44.2 Å². The van der Waals surface area contributed by atoms with E-state index < -0.39 is 12.2 Å². The molecule has 0 fully saturated rings. The molecule has 180 valence electrons. The zero-order chi connectivity index (χ0) is 23.6. The number of hydrogen-bond acceptors (Lipinski definition) is 6. The van der Waals surface area contributed by atoms with E-state index in [0.717, 1.165) is 31.6 Å². The van der Waals surface area contributed by atoms with Gasteiger partial charge in [0.1, 0.15) is 5.82 Å². The van der Waals surface area contributed by atoms with Crippen molar-refractivity contribution in [2.45, 2.75) is 64.6 Å². The summed E-state index contributed by atoms with van der Waals surface area (Å²) in [6.45, 7) is 15.9. The van der Waals surface area contributed by atoms with Crippen LogP contribution in [0.4, 0.5) is 10.2 Å². The van der Waals surface area contributed by atoms with Crippen LogP contribution in [-0.2, 0) is 27.1 Å². The maximum Gasteiger partial charge on any atom is 1.00 e. The Balaban J connectivity index is 0. The van der Waals surface area contributed by atoms with E-state index in [1.165, 1.54) is 31.2 Å². The standard InChI is InChI=1S/C12H17N2.C8H16NO2.C4H8FO.Li/c1-2-3-6-11-8-7-10-5-4-9-13-12(10)14-11;1-4-7(9)8(10)11-5-6(2)3;1-4(5)3-6-2;/h7-8H,1-6,9H2,(H,13,14);6-7H,1,4-5,9H2,2-3H3;4H,1,3H2,2H3;/q3*-1;+1/t;7-;4-;/m.00./s1. The van der Waals surface area contributed by atoms with Gasteiger partial charge >= 0.3 is 24.8 Å². The van der Waals surface area contributed by atoms with E-state index in [9.17, 15) is 9.18 Å². The van der Waals surface area contributed by atoms with E-state index in [1.54, 1.807) is 0 Å². The number of unbranched alkanes of at least 4 members (excludes halogenated alkanes) is 1. The van der Waals surface area contributed by atoms with Crippen molar-refractivity contribution in [1.82, 2.24) is 4.98 Å². The van der Waals surface area contributed by atoms with Gasteiger partial charge in [-0.05, 0) is 43.0 Å². The Morgan fingerprint density at radius 2 is 2.00 bits per heavy atom. The second kappa shape index (κ2) is 20.5. The number of halogens is 1. The molecular formula is C24H41FLiN3O3-2. The summed E-state index contributed by atoms with van der Waals surface area (Å²) in [7, 11) is 1.44. The molecule has 3 N–H and O–H groups in total. The average molecular weight is 446 g/mol. The van der Waals surface area contributed by atoms with E-state index in [2.05, 4.69) is 47.9 Å². The first-order chi connectivity index (χ1) is 14.7. The number of esters is 1. The van der Waals surface area contributed by atoms with E-state index >= 15 is 0 Å². The van der Waals surface area contributed by atoms with Gasteiger partial charge in [0.15, 0.2) is 0 Å². The topological polar surface area (TPSA) is 86.5 Å². The minimum atomic E-state index is -1.07. The Kier molecular flexibility index (Phi) is 21.1. The van der Waals surface area contributed by atoms with Gasteiger partial charge in [-0.1, -0.05) is 26.3 Å². The summed E-state index contributed by atoms with van der Waals surface area (Å²) in [5.74, 6) is 1.11. The first-order valence-electron chi connectivity index (χ1n) is 10.9. The zero-order valence-electron chi connectivity index (χ0n) is 20.5. The Morgan fingerprint density at radius 1 is 1.31 bits per heavy atom. The maximum atomic E-state index is 11.5. The van der Waals surface area contributed by atoms with Crippen molar-refractivity contribution >= 4 is 11.8 Å². The summed E-state index contributed by atoms with van der Waals surface area (Å²) in [4.78, 5) is 15.5. The second-order valence-electron chi connectivity index (χ2n) is 7.77. The molecular weight excluding hydrogens is 404 g/mol. The van der Waals surface area contributed by atoms with E-state index in [1.807, 2.05) is 13.8 Å². The van der Waals surface area contributed by atoms with Crippen LogP contribution in [0.3, 0.4) is 0 Å². The Hall–Kier alpha value is -1.13. The van der Waals surface area contributed by atoms with Gasteiger partial charge in [0.05, 0.1) is 12.6 Å². The molecule has 0 saturated heterocycles. The number of aryl methyl sites for hydroxylation is 2. The summed E-state index contributed by atoms with van der Waals surface area (Å²) in [6, 6.07) is 3.81. The quantitative estimate of drug-likeness (QED) is 0.337. The molecule has 6 nitrogen and oxygen atoms in total. The third-order valence-electron chi connectivity index (χ3n) is 4.15. The molecule has 1 aromatic heterocycles. The van der Waals surface area contributed by atoms with Gasteiger partial charge < -0.3 is 41.3 Å². The normalized spacial score (nSPS) is 13.7. The molecule has 2 rings (SSSR count). The molecule has 0 spiro atoms. The molecule has 0 amide bonds. The Morgan fingerprint density at radius 3 is 2.50 bits per heavy atom. The monoisotopic (exact) mass is 445 g/mol. The molecule has 1 aromatic rings. The fourth-order valence-corrected chi connectivity index (χ4v) is 2.47. The van der Waals surface area contributed by atoms with Gasteiger partial charge in [0.25, 0.3) is 0 Å². The summed E-state index contributed by atoms with van der Waals surface area (Å²) in [5, 5.41) is 3.35. The number of alkyl halides is 1. The number of nitrogens with one attached hydrogen (secondary N) is 1. The first-order valence-corrected chi connectivity index (χ1v) is 10.9. The molecule has 1 aliphatic rings. The van der Waals surface area contributed by atoms with Crippen LogP contribution in [0.2, 0.25) is 0 Å². The predicted molar refractivity (Wildman–Crippen MR) is 125 cm³/mol. The third-order valence-corrected chi connectivity index (χ3v) is 4.15. The molecule has 1 aliphatic heterocycles. The number of nitrogens with two attached hydrogens (primary N) is 1. The molecule has 8 heteroatoms. The average Bonchev–Trinajstić information content (AvgIpc) is 2.76. The van der Waals surface area contributed by atoms with Crippen LogP contribution in [0.5, 0.6) is 0 Å². The van der Waals surface area contributed by atoms with E-state index in [-0.39, 0.29) is 31.4 Å². The summed E-state index contributed by atoms with van der Waals surface area (Å²) < 4.78 is 20.7. The number of ether oxygens (including phenoxy) is 2. The van der Waals surface area contributed by atoms with Gasteiger partial charge in [-0.25, -0.2) is 4.98 Å². The molecule has 0 radical (unpaired) electrons. The number of anilines is 1. The fourth-order valence-electron chi connectivity index (χ4n) is 2.47. The Labute approximate surface area is 206 Å². The van der Waals surface area contributed by atoms with Crippen LogP contribution in [0.1, 0.15) is 50.8 Å². The van der Waals surface area contributed by atoms with Gasteiger partial charge in [0, 0.05) is 26.0 Å². The number of fused-ring (bicyclic) bond motifs is 1. The van der Waals surface area contributed by atoms with Crippen LogP contribution < -0.4 is 29.9 Å². The van der Waals surface area contributed by atoms with E-state index in [4.69, 9.17) is 10.5 Å². The number of carbonyl (C=O) groups excluding carboxylic acids is 1. The number of carbonyl (C=O) groups is 1. The Bertz CT molecular complexity index is 604. The minimum absolute atomic E-state index is 0. The maximum absolute atomic E-state index is 11.5. The van der Waals surface area contributed by atoms with Crippen molar-refractivity contribution in [3.8, 4) is 0 Å². The van der Waals surface area contributed by atoms with Crippen molar-refractivity contribution in [2.24, 2.45) is 11.7 Å². The number of aromatic nitrogens is 1. The molecule has 32 heavy (non-hydrogen) atoms. The van der Waals surface area contributed by atoms with Gasteiger partial charge in [-0.2, -0.15) is 12.8 Å². The second-order valence-corrected chi connectivity index (χ2v) is 7.77. The molecule has 0 saturated carbocycles. The van der Waals surface area contributed by atoms with Crippen LogP contribution in [-0.4, -0.2) is 50.0 Å². The predicted octanol–water partition coefficient (Wildman–Crippen LogP) is 1.14. The number of methoxy groups -OCH3 is 1. The first kappa shape index (κ1) is 33.0. The van der Waals surface area contributed by atoms with E-state index in [0.29, 0.717) is 18.9 Å². The number of hydrogen-bond donors (Lipinski definition) is 2. The summed E-state index contributed by atoms with van der Waals surface area (Å²) in [5.41, 5.74) is 7.93. The third kappa shape index (κ3) is 16.5. The van der Waals surface area contributed by atoms with Crippen molar-refractivity contribution < 1.29 is 37.5 Å². The summed E-state index contributed by atoms with van der Waals surface area (Å²) >= 11 is 0. The van der Waals surface area contributed by atoms with Crippen LogP contribution in [0, 0.1) is 26.7 Å². The van der Waals surface area contributed by atoms with Crippen LogP contribution in [0.25, 0.3) is 0 Å². The van der Waals surface area contributed by atoms with Crippen molar-refractivity contribution in [1.29, 1.82) is 0 Å². The van der Waals surface area contributed by atoms with Gasteiger partial charge in [-0.15, -0.1) is 0 Å². The van der Waals surface area contributed by atoms with Crippen LogP contribution >= 0.6 is 0 Å². The molecule has 2 heterocycles. The smallest absolute Gasteiger partial charge is 0.464 e. The molecule has 0 aromatic carbocycles. The van der Waals surface area contributed by atoms with Gasteiger partial charge in [-0.3, -0.25) is 9.18 Å². The molecule has 0 bridgehead atoms.